The lowest BCUT2D eigenvalue weighted by Gasteiger charge is -2.05. The van der Waals surface area contributed by atoms with Crippen molar-refractivity contribution in [2.45, 2.75) is 6.92 Å². The van der Waals surface area contributed by atoms with Crippen LogP contribution in [0.4, 0.5) is 5.69 Å². The van der Waals surface area contributed by atoms with Gasteiger partial charge in [0.2, 0.25) is 0 Å². The molecule has 0 aliphatic rings. The Balaban J connectivity index is 2.15. The van der Waals surface area contributed by atoms with Gasteiger partial charge < -0.3 is 9.55 Å². The number of aliphatic imine (C=N–C) groups is 1. The summed E-state index contributed by atoms with van der Waals surface area (Å²) in [6.07, 6.45) is 0. The average Bonchev–Trinajstić information content (AvgIpc) is 2.59. The predicted molar refractivity (Wildman–Crippen MR) is 97.8 cm³/mol. The van der Waals surface area contributed by atoms with Gasteiger partial charge in [-0.3, -0.25) is 9.59 Å². The Kier molecular flexibility index (Phi) is 4.26. The molecule has 6 nitrogen and oxygen atoms in total. The predicted octanol–water partition coefficient (Wildman–Crippen LogP) is 2.89. The van der Waals surface area contributed by atoms with Gasteiger partial charge in [0.15, 0.2) is 0 Å². The van der Waals surface area contributed by atoms with Gasteiger partial charge in [-0.15, -0.1) is 0 Å². The van der Waals surface area contributed by atoms with Crippen molar-refractivity contribution in [1.82, 2.24) is 9.55 Å². The number of nitrogens with zero attached hydrogens (tertiary/aromatic N) is 3. The second-order valence-corrected chi connectivity index (χ2v) is 5.96. The van der Waals surface area contributed by atoms with Crippen LogP contribution in [0.3, 0.4) is 0 Å². The van der Waals surface area contributed by atoms with Crippen LogP contribution >= 0.6 is 11.6 Å². The molecule has 0 saturated carbocycles. The van der Waals surface area contributed by atoms with Gasteiger partial charge in [-0.25, -0.2) is 4.99 Å². The molecular formula is C18H13ClN4O2. The van der Waals surface area contributed by atoms with Crippen LogP contribution in [-0.2, 0) is 7.05 Å². The fourth-order valence-electron chi connectivity index (χ4n) is 2.51. The molecule has 1 aromatic carbocycles. The first-order valence-electron chi connectivity index (χ1n) is 7.39. The molecule has 0 aliphatic heterocycles. The molecular weight excluding hydrogens is 340 g/mol. The van der Waals surface area contributed by atoms with Crippen LogP contribution in [0.25, 0.3) is 10.9 Å². The van der Waals surface area contributed by atoms with Crippen molar-refractivity contribution in [2.24, 2.45) is 12.0 Å². The molecule has 0 amide bonds. The average molecular weight is 353 g/mol. The van der Waals surface area contributed by atoms with Gasteiger partial charge >= 0.3 is 0 Å². The van der Waals surface area contributed by atoms with E-state index in [9.17, 15) is 9.59 Å². The molecule has 0 aliphatic carbocycles. The first kappa shape index (κ1) is 16.7. The number of pyridine rings is 2. The summed E-state index contributed by atoms with van der Waals surface area (Å²) in [4.78, 5) is 31.6. The second-order valence-electron chi connectivity index (χ2n) is 5.52. The van der Waals surface area contributed by atoms with E-state index in [0.29, 0.717) is 21.8 Å². The van der Waals surface area contributed by atoms with E-state index in [1.54, 1.807) is 31.2 Å². The number of rotatable bonds is 2. The summed E-state index contributed by atoms with van der Waals surface area (Å²) < 4.78 is 1.22. The van der Waals surface area contributed by atoms with Crippen molar-refractivity contribution in [2.75, 3.05) is 0 Å². The van der Waals surface area contributed by atoms with Crippen LogP contribution in [-0.4, -0.2) is 15.3 Å². The molecule has 0 radical (unpaired) electrons. The summed E-state index contributed by atoms with van der Waals surface area (Å²) in [5, 5.41) is 10.3. The summed E-state index contributed by atoms with van der Waals surface area (Å²) >= 11 is 5.99. The fourth-order valence-corrected chi connectivity index (χ4v) is 2.69. The van der Waals surface area contributed by atoms with Crippen LogP contribution in [0.15, 0.2) is 51.0 Å². The van der Waals surface area contributed by atoms with Crippen LogP contribution in [0.5, 0.6) is 0 Å². The molecule has 124 valence electrons. The Bertz CT molecular complexity index is 1180. The van der Waals surface area contributed by atoms with Gasteiger partial charge in [0.05, 0.1) is 11.3 Å². The van der Waals surface area contributed by atoms with Crippen LogP contribution in [0.1, 0.15) is 18.2 Å². The van der Waals surface area contributed by atoms with E-state index in [0.717, 1.165) is 5.39 Å². The van der Waals surface area contributed by atoms with E-state index in [1.165, 1.54) is 23.7 Å². The maximum absolute atomic E-state index is 12.3. The molecule has 3 aromatic rings. The first-order valence-corrected chi connectivity index (χ1v) is 7.77. The van der Waals surface area contributed by atoms with Crippen LogP contribution in [0, 0.1) is 11.3 Å². The van der Waals surface area contributed by atoms with Gasteiger partial charge in [0.25, 0.3) is 11.1 Å². The second kappa shape index (κ2) is 6.38. The number of fused-ring (bicyclic) bond motifs is 1. The number of aromatic nitrogens is 2. The number of halogens is 1. The summed E-state index contributed by atoms with van der Waals surface area (Å²) in [5.41, 5.74) is 1.09. The molecule has 2 heterocycles. The Hall–Kier alpha value is -3.17. The smallest absolute Gasteiger partial charge is 0.277 e. The first-order chi connectivity index (χ1) is 11.9. The maximum Gasteiger partial charge on any atom is 0.277 e. The summed E-state index contributed by atoms with van der Waals surface area (Å²) in [6.45, 7) is 1.65. The van der Waals surface area contributed by atoms with Gasteiger partial charge in [-0.1, -0.05) is 11.6 Å². The van der Waals surface area contributed by atoms with Gasteiger partial charge in [0, 0.05) is 23.0 Å². The van der Waals surface area contributed by atoms with E-state index in [-0.39, 0.29) is 16.9 Å². The summed E-state index contributed by atoms with van der Waals surface area (Å²) in [6, 6.07) is 11.8. The van der Waals surface area contributed by atoms with Crippen LogP contribution < -0.4 is 11.1 Å². The number of hydrogen-bond donors (Lipinski definition) is 1. The third-order valence-corrected chi connectivity index (χ3v) is 4.12. The normalized spacial score (nSPS) is 11.5. The molecule has 0 atom stereocenters. The minimum atomic E-state index is -0.404. The van der Waals surface area contributed by atoms with Crippen LogP contribution in [0.2, 0.25) is 5.02 Å². The number of hydrogen-bond acceptors (Lipinski definition) is 4. The lowest BCUT2D eigenvalue weighted by atomic mass is 10.1. The molecule has 2 aromatic heterocycles. The van der Waals surface area contributed by atoms with Gasteiger partial charge in [-0.05, 0) is 43.3 Å². The topological polar surface area (TPSA) is 91.0 Å². The summed E-state index contributed by atoms with van der Waals surface area (Å²) in [7, 11) is 1.50. The lowest BCUT2D eigenvalue weighted by Crippen LogP contribution is -2.20. The molecule has 7 heteroatoms. The molecule has 0 fully saturated rings. The molecule has 1 N–H and O–H groups in total. The molecule has 0 saturated heterocycles. The van der Waals surface area contributed by atoms with Crippen molar-refractivity contribution < 1.29 is 0 Å². The largest absolute Gasteiger partial charge is 0.321 e. The van der Waals surface area contributed by atoms with E-state index >= 15 is 0 Å². The summed E-state index contributed by atoms with van der Waals surface area (Å²) in [5.74, 6) is 0. The Labute approximate surface area is 147 Å². The third-order valence-electron chi connectivity index (χ3n) is 3.88. The maximum atomic E-state index is 12.3. The Morgan fingerprint density at radius 2 is 2.00 bits per heavy atom. The van der Waals surface area contributed by atoms with Gasteiger partial charge in [-0.2, -0.15) is 5.26 Å². The van der Waals surface area contributed by atoms with Crippen molar-refractivity contribution in [1.29, 1.82) is 5.26 Å². The highest BCUT2D eigenvalue weighted by Crippen LogP contribution is 2.18. The fraction of sp³-hybridized carbons (Fsp3) is 0.111. The monoisotopic (exact) mass is 352 g/mol. The number of nitrogens with one attached hydrogen (secondary N) is 1. The number of benzene rings is 1. The lowest BCUT2D eigenvalue weighted by molar-refractivity contribution is 0.842. The van der Waals surface area contributed by atoms with Gasteiger partial charge in [0.1, 0.15) is 17.5 Å². The standard InChI is InChI=1S/C18H13ClN4O2/c1-10(21-16-6-4-13(9-20)23(2)18(16)25)14-8-11-7-12(19)3-5-15(11)22-17(14)24/h3-8H,1-2H3,(H,22,24). The third kappa shape index (κ3) is 3.10. The Morgan fingerprint density at radius 1 is 1.24 bits per heavy atom. The quantitative estimate of drug-likeness (QED) is 0.719. The zero-order chi connectivity index (χ0) is 18.1. The Morgan fingerprint density at radius 3 is 2.72 bits per heavy atom. The van der Waals surface area contributed by atoms with Crippen molar-refractivity contribution in [3.8, 4) is 6.07 Å². The number of aromatic amines is 1. The SMILES string of the molecule is CC(=Nc1ccc(C#N)n(C)c1=O)c1cc2cc(Cl)ccc2[nH]c1=O. The molecule has 0 spiro atoms. The van der Waals surface area contributed by atoms with Crippen molar-refractivity contribution >= 4 is 33.9 Å². The minimum absolute atomic E-state index is 0.157. The zero-order valence-electron chi connectivity index (χ0n) is 13.5. The molecule has 0 bridgehead atoms. The highest BCUT2D eigenvalue weighted by Gasteiger charge is 2.09. The number of H-pyrrole nitrogens is 1. The highest BCUT2D eigenvalue weighted by atomic mass is 35.5. The molecule has 25 heavy (non-hydrogen) atoms. The zero-order valence-corrected chi connectivity index (χ0v) is 14.3. The highest BCUT2D eigenvalue weighted by molar-refractivity contribution is 6.31. The van der Waals surface area contributed by atoms with E-state index < -0.39 is 5.56 Å². The van der Waals surface area contributed by atoms with Crippen molar-refractivity contribution in [3.05, 3.63) is 73.4 Å². The molecule has 0 unspecified atom stereocenters. The number of nitriles is 1. The van der Waals surface area contributed by atoms with E-state index in [2.05, 4.69) is 9.98 Å². The minimum Gasteiger partial charge on any atom is -0.321 e. The van der Waals surface area contributed by atoms with E-state index in [1.807, 2.05) is 6.07 Å². The molecule has 3 rings (SSSR count). The van der Waals surface area contributed by atoms with E-state index in [4.69, 9.17) is 16.9 Å². The van der Waals surface area contributed by atoms with Crippen molar-refractivity contribution in [3.63, 3.8) is 0 Å².